The zero-order valence-corrected chi connectivity index (χ0v) is 13.2. The maximum absolute atomic E-state index is 10.2. The molecule has 0 aromatic carbocycles. The standard InChI is InChI=1S/C12H26NO.BClF3/c1-5-10-14-11-13(12(2,3)4)8-6-7-9-13;2-1(3,4)5/h5-11H2,1-4H3;/q+1;-1. The molecule has 7 heteroatoms. The Hall–Kier alpha value is 0.0649. The average Bonchev–Trinajstić information content (AvgIpc) is 2.64. The molecule has 19 heavy (non-hydrogen) atoms. The molecule has 1 aliphatic rings. The number of hydrogen-bond acceptors (Lipinski definition) is 1. The van der Waals surface area contributed by atoms with Gasteiger partial charge in [0.1, 0.15) is 0 Å². The Bertz CT molecular complexity index is 244. The lowest BCUT2D eigenvalue weighted by atomic mass is 10.0. The summed E-state index contributed by atoms with van der Waals surface area (Å²) in [5.41, 5.74) is 0.338. The zero-order chi connectivity index (χ0) is 15.2. The molecule has 1 heterocycles. The molecule has 0 spiro atoms. The summed E-state index contributed by atoms with van der Waals surface area (Å²) >= 11 is 3.59. The van der Waals surface area contributed by atoms with E-state index in [1.807, 2.05) is 0 Å². The Morgan fingerprint density at radius 1 is 1.16 bits per heavy atom. The van der Waals surface area contributed by atoms with Crippen LogP contribution in [0.25, 0.3) is 0 Å². The van der Waals surface area contributed by atoms with Gasteiger partial charge in [0.2, 0.25) is 0 Å². The second-order valence-electron chi connectivity index (χ2n) is 6.00. The van der Waals surface area contributed by atoms with Gasteiger partial charge in [-0.2, -0.15) is 0 Å². The molecule has 0 atom stereocenters. The van der Waals surface area contributed by atoms with E-state index in [2.05, 4.69) is 39.2 Å². The third-order valence-electron chi connectivity index (χ3n) is 3.53. The van der Waals surface area contributed by atoms with Gasteiger partial charge < -0.3 is 17.7 Å². The first-order valence-electron chi connectivity index (χ1n) is 6.83. The third-order valence-corrected chi connectivity index (χ3v) is 3.53. The number of nitrogens with zero attached hydrogens (tertiary/aromatic N) is 1. The normalized spacial score (nSPS) is 18.9. The Morgan fingerprint density at radius 2 is 1.58 bits per heavy atom. The van der Waals surface area contributed by atoms with Crippen LogP contribution in [-0.4, -0.2) is 42.8 Å². The van der Waals surface area contributed by atoms with Gasteiger partial charge in [-0.1, -0.05) is 6.92 Å². The van der Waals surface area contributed by atoms with E-state index in [-0.39, 0.29) is 0 Å². The van der Waals surface area contributed by atoms with Gasteiger partial charge in [-0.15, -0.1) is 0 Å². The molecule has 0 amide bonds. The van der Waals surface area contributed by atoms with Crippen molar-refractivity contribution in [3.63, 3.8) is 0 Å². The smallest absolute Gasteiger partial charge is 0.435 e. The van der Waals surface area contributed by atoms with Crippen LogP contribution in [0.5, 0.6) is 0 Å². The van der Waals surface area contributed by atoms with Gasteiger partial charge in [0.05, 0.1) is 25.2 Å². The van der Waals surface area contributed by atoms with E-state index < -0.39 is 6.39 Å². The summed E-state index contributed by atoms with van der Waals surface area (Å²) < 4.78 is 37.5. The van der Waals surface area contributed by atoms with Crippen molar-refractivity contribution in [1.29, 1.82) is 0 Å². The maximum Gasteiger partial charge on any atom is 0.576 e. The first-order chi connectivity index (χ1) is 8.52. The van der Waals surface area contributed by atoms with E-state index in [1.165, 1.54) is 25.9 Å². The van der Waals surface area contributed by atoms with Crippen LogP contribution >= 0.6 is 11.5 Å². The summed E-state index contributed by atoms with van der Waals surface area (Å²) in [5.74, 6) is 0. The topological polar surface area (TPSA) is 9.23 Å². The quantitative estimate of drug-likeness (QED) is 0.426. The van der Waals surface area contributed by atoms with Crippen LogP contribution < -0.4 is 0 Å². The van der Waals surface area contributed by atoms with E-state index in [0.29, 0.717) is 5.54 Å². The van der Waals surface area contributed by atoms with E-state index in [1.54, 1.807) is 0 Å². The van der Waals surface area contributed by atoms with Crippen LogP contribution in [-0.2, 0) is 4.74 Å². The van der Waals surface area contributed by atoms with Crippen LogP contribution in [0.2, 0.25) is 0 Å². The van der Waals surface area contributed by atoms with Gasteiger partial charge in [-0.3, -0.25) is 15.9 Å². The van der Waals surface area contributed by atoms with Crippen molar-refractivity contribution in [2.75, 3.05) is 26.4 Å². The van der Waals surface area contributed by atoms with E-state index in [0.717, 1.165) is 24.2 Å². The van der Waals surface area contributed by atoms with Crippen molar-refractivity contribution in [2.45, 2.75) is 52.5 Å². The summed E-state index contributed by atoms with van der Waals surface area (Å²) in [4.78, 5) is 0. The van der Waals surface area contributed by atoms with Crippen LogP contribution in [0.3, 0.4) is 0 Å². The van der Waals surface area contributed by atoms with Gasteiger partial charge in [0.15, 0.2) is 6.73 Å². The monoisotopic (exact) mass is 303 g/mol. The molecule has 0 aliphatic carbocycles. The Morgan fingerprint density at radius 3 is 1.89 bits per heavy atom. The highest BCUT2D eigenvalue weighted by molar-refractivity contribution is 7.08. The zero-order valence-electron chi connectivity index (χ0n) is 12.4. The van der Waals surface area contributed by atoms with Gasteiger partial charge in [0, 0.05) is 12.8 Å². The lowest BCUT2D eigenvalue weighted by Gasteiger charge is -2.45. The summed E-state index contributed by atoms with van der Waals surface area (Å²) in [6, 6.07) is 0. The molecular weight excluding hydrogens is 277 g/mol. The highest BCUT2D eigenvalue weighted by atomic mass is 35.5. The highest BCUT2D eigenvalue weighted by Crippen LogP contribution is 2.30. The number of rotatable bonds is 4. The number of halogens is 4. The molecule has 1 fully saturated rings. The lowest BCUT2D eigenvalue weighted by molar-refractivity contribution is -0.976. The molecule has 0 aromatic heterocycles. The van der Waals surface area contributed by atoms with Crippen LogP contribution in [0.1, 0.15) is 47.0 Å². The Kier molecular flexibility index (Phi) is 7.77. The first kappa shape index (κ1) is 19.1. The van der Waals surface area contributed by atoms with Crippen LogP contribution in [0.4, 0.5) is 12.9 Å². The van der Waals surface area contributed by atoms with Crippen LogP contribution in [0, 0.1) is 0 Å². The summed E-state index contributed by atoms with van der Waals surface area (Å²) in [6.45, 7) is 13.6. The summed E-state index contributed by atoms with van der Waals surface area (Å²) in [5, 5.41) is 0. The van der Waals surface area contributed by atoms with E-state index >= 15 is 0 Å². The first-order valence-corrected chi connectivity index (χ1v) is 7.27. The fourth-order valence-electron chi connectivity index (χ4n) is 2.32. The molecule has 1 aliphatic heterocycles. The SMILES string of the molecule is CCCOC[N+]1(C(C)(C)C)CCCC1.F[B-](F)(F)Cl. The average molecular weight is 304 g/mol. The second-order valence-corrected chi connectivity index (χ2v) is 6.50. The minimum absolute atomic E-state index is 0.338. The van der Waals surface area contributed by atoms with E-state index in [4.69, 9.17) is 4.74 Å². The minimum Gasteiger partial charge on any atom is -0.435 e. The Balaban J connectivity index is 0.000000555. The van der Waals surface area contributed by atoms with Crippen molar-refractivity contribution in [3.05, 3.63) is 0 Å². The van der Waals surface area contributed by atoms with Crippen LogP contribution in [0.15, 0.2) is 0 Å². The minimum atomic E-state index is -5.03. The lowest BCUT2D eigenvalue weighted by Crippen LogP contribution is -2.59. The van der Waals surface area contributed by atoms with Gasteiger partial charge in [-0.25, -0.2) is 0 Å². The largest absolute Gasteiger partial charge is 0.576 e. The Labute approximate surface area is 119 Å². The maximum atomic E-state index is 10.2. The summed E-state index contributed by atoms with van der Waals surface area (Å²) in [6.07, 6.45) is -1.16. The van der Waals surface area contributed by atoms with Gasteiger partial charge >= 0.3 is 6.39 Å². The number of ether oxygens (including phenoxy) is 1. The molecule has 0 saturated carbocycles. The fraction of sp³-hybridized carbons (Fsp3) is 1.00. The van der Waals surface area contributed by atoms with Crippen molar-refractivity contribution >= 4 is 17.9 Å². The molecule has 0 radical (unpaired) electrons. The molecular formula is C12H26BClF3NO. The molecule has 0 bridgehead atoms. The molecule has 116 valence electrons. The predicted octanol–water partition coefficient (Wildman–Crippen LogP) is 4.35. The summed E-state index contributed by atoms with van der Waals surface area (Å²) in [7, 11) is 0. The fourth-order valence-corrected chi connectivity index (χ4v) is 2.32. The number of quaternary nitrogens is 1. The van der Waals surface area contributed by atoms with Crippen molar-refractivity contribution in [1.82, 2.24) is 0 Å². The molecule has 0 aromatic rings. The second kappa shape index (κ2) is 7.74. The number of hydrogen-bond donors (Lipinski definition) is 0. The highest BCUT2D eigenvalue weighted by Gasteiger charge is 2.42. The molecule has 0 unspecified atom stereocenters. The van der Waals surface area contributed by atoms with Gasteiger partial charge in [-0.05, 0) is 27.2 Å². The molecule has 1 saturated heterocycles. The third kappa shape index (κ3) is 8.05. The van der Waals surface area contributed by atoms with Crippen molar-refractivity contribution < 1.29 is 22.2 Å². The molecule has 0 N–H and O–H groups in total. The predicted molar refractivity (Wildman–Crippen MR) is 75.0 cm³/mol. The van der Waals surface area contributed by atoms with Crippen molar-refractivity contribution in [3.8, 4) is 0 Å². The molecule has 2 nitrogen and oxygen atoms in total. The molecule has 1 rings (SSSR count). The van der Waals surface area contributed by atoms with Crippen molar-refractivity contribution in [2.24, 2.45) is 0 Å². The van der Waals surface area contributed by atoms with Gasteiger partial charge in [0.25, 0.3) is 0 Å². The number of likely N-dealkylation sites (tertiary alicyclic amines) is 1. The van der Waals surface area contributed by atoms with E-state index in [9.17, 15) is 12.9 Å².